The molecule has 0 radical (unpaired) electrons. The summed E-state index contributed by atoms with van der Waals surface area (Å²) < 4.78 is 12.2. The third kappa shape index (κ3) is 2.92. The number of hydrogen-bond donors (Lipinski definition) is 2. The molecule has 0 spiro atoms. The second-order valence-corrected chi connectivity index (χ2v) is 6.74. The quantitative estimate of drug-likeness (QED) is 0.890. The van der Waals surface area contributed by atoms with E-state index < -0.39 is 15.5 Å². The molecule has 0 aromatic heterocycles. The first kappa shape index (κ1) is 14.8. The molecule has 106 valence electrons. The third-order valence-electron chi connectivity index (χ3n) is 3.43. The van der Waals surface area contributed by atoms with E-state index in [2.05, 4.69) is 0 Å². The van der Waals surface area contributed by atoms with Gasteiger partial charge in [-0.05, 0) is 43.2 Å². The Bertz CT molecular complexity index is 580. The lowest BCUT2D eigenvalue weighted by Crippen LogP contribution is -2.29. The molecule has 2 N–H and O–H groups in total. The smallest absolute Gasteiger partial charge is 0.115 e. The van der Waals surface area contributed by atoms with Crippen LogP contribution in [0.4, 0.5) is 0 Å². The molecule has 2 aromatic rings. The van der Waals surface area contributed by atoms with Gasteiger partial charge in [-0.15, -0.1) is 0 Å². The van der Waals surface area contributed by atoms with Crippen LogP contribution in [0.25, 0.3) is 0 Å². The predicted molar refractivity (Wildman–Crippen MR) is 80.0 cm³/mol. The normalized spacial score (nSPS) is 15.5. The molecule has 0 aliphatic heterocycles. The van der Waals surface area contributed by atoms with Crippen LogP contribution in [0.1, 0.15) is 18.9 Å². The van der Waals surface area contributed by atoms with Crippen LogP contribution in [0, 0.1) is 0 Å². The summed E-state index contributed by atoms with van der Waals surface area (Å²) in [5.41, 5.74) is 0.931. The molecule has 0 saturated heterocycles. The fourth-order valence-corrected chi connectivity index (χ4v) is 3.71. The lowest BCUT2D eigenvalue weighted by atomic mass is 9.97. The van der Waals surface area contributed by atoms with Gasteiger partial charge in [0.25, 0.3) is 0 Å². The summed E-state index contributed by atoms with van der Waals surface area (Å²) in [7, 11) is -1.32. The Morgan fingerprint density at radius 1 is 1.05 bits per heavy atom. The third-order valence-corrected chi connectivity index (χ3v) is 5.39. The summed E-state index contributed by atoms with van der Waals surface area (Å²) in [5, 5.41) is 18.7. The number of aliphatic hydroxyl groups excluding tert-OH is 1. The average Bonchev–Trinajstić information content (AvgIpc) is 2.48. The molecule has 2 unspecified atom stereocenters. The van der Waals surface area contributed by atoms with Crippen molar-refractivity contribution < 1.29 is 14.4 Å². The van der Waals surface area contributed by atoms with E-state index in [1.54, 1.807) is 12.1 Å². The van der Waals surface area contributed by atoms with Crippen molar-refractivity contribution in [2.45, 2.75) is 23.0 Å². The molecule has 4 heteroatoms. The zero-order valence-electron chi connectivity index (χ0n) is 11.3. The number of hydrogen-bond acceptors (Lipinski definition) is 3. The standard InChI is InChI=1S/C16H18O3S/c1-16(11-12-17,13-5-3-2-4-6-13)20(19)15-9-7-14(18)8-10-15/h2-10,17-18H,11-12H2,1H3. The van der Waals surface area contributed by atoms with Crippen molar-refractivity contribution in [3.05, 3.63) is 60.2 Å². The first-order valence-electron chi connectivity index (χ1n) is 6.45. The Labute approximate surface area is 121 Å². The van der Waals surface area contributed by atoms with Crippen LogP contribution in [-0.4, -0.2) is 21.0 Å². The topological polar surface area (TPSA) is 57.5 Å². The van der Waals surface area contributed by atoms with Gasteiger partial charge in [0.15, 0.2) is 0 Å². The van der Waals surface area contributed by atoms with E-state index >= 15 is 0 Å². The Balaban J connectivity index is 2.42. The van der Waals surface area contributed by atoms with Gasteiger partial charge in [-0.1, -0.05) is 30.3 Å². The molecular formula is C16H18O3S. The number of aromatic hydroxyl groups is 1. The average molecular weight is 290 g/mol. The summed E-state index contributed by atoms with van der Waals surface area (Å²) >= 11 is 0. The predicted octanol–water partition coefficient (Wildman–Crippen LogP) is 2.80. The zero-order valence-corrected chi connectivity index (χ0v) is 12.1. The van der Waals surface area contributed by atoms with Crippen LogP contribution < -0.4 is 0 Å². The minimum absolute atomic E-state index is 0.0325. The van der Waals surface area contributed by atoms with Gasteiger partial charge in [-0.25, -0.2) is 0 Å². The van der Waals surface area contributed by atoms with E-state index in [9.17, 15) is 14.4 Å². The minimum Gasteiger partial charge on any atom is -0.508 e. The molecule has 0 amide bonds. The maximum absolute atomic E-state index is 12.9. The van der Waals surface area contributed by atoms with Crippen molar-refractivity contribution in [2.24, 2.45) is 0 Å². The van der Waals surface area contributed by atoms with Crippen LogP contribution in [-0.2, 0) is 15.5 Å². The van der Waals surface area contributed by atoms with E-state index in [0.717, 1.165) is 5.56 Å². The van der Waals surface area contributed by atoms with E-state index in [-0.39, 0.29) is 12.4 Å². The van der Waals surface area contributed by atoms with E-state index in [1.807, 2.05) is 37.3 Å². The highest BCUT2D eigenvalue weighted by Gasteiger charge is 2.34. The number of aliphatic hydroxyl groups is 1. The second-order valence-electron chi connectivity index (χ2n) is 4.83. The molecule has 20 heavy (non-hydrogen) atoms. The van der Waals surface area contributed by atoms with Gasteiger partial charge < -0.3 is 10.2 Å². The zero-order chi connectivity index (χ0) is 14.6. The van der Waals surface area contributed by atoms with Gasteiger partial charge in [0, 0.05) is 11.5 Å². The van der Waals surface area contributed by atoms with E-state index in [1.165, 1.54) is 12.1 Å². The molecule has 0 aliphatic carbocycles. The van der Waals surface area contributed by atoms with Crippen LogP contribution in [0.2, 0.25) is 0 Å². The first-order valence-corrected chi connectivity index (χ1v) is 7.60. The molecule has 3 nitrogen and oxygen atoms in total. The molecule has 2 rings (SSSR count). The molecular weight excluding hydrogens is 272 g/mol. The summed E-state index contributed by atoms with van der Waals surface area (Å²) in [6, 6.07) is 15.9. The monoisotopic (exact) mass is 290 g/mol. The van der Waals surface area contributed by atoms with Gasteiger partial charge in [0.05, 0.1) is 15.5 Å². The molecule has 0 heterocycles. The Morgan fingerprint density at radius 2 is 1.65 bits per heavy atom. The van der Waals surface area contributed by atoms with E-state index in [4.69, 9.17) is 0 Å². The van der Waals surface area contributed by atoms with Crippen molar-refractivity contribution in [3.8, 4) is 5.75 Å². The highest BCUT2D eigenvalue weighted by atomic mass is 32.2. The maximum atomic E-state index is 12.9. The fourth-order valence-electron chi connectivity index (χ4n) is 2.18. The van der Waals surface area contributed by atoms with Crippen LogP contribution in [0.15, 0.2) is 59.5 Å². The summed E-state index contributed by atoms with van der Waals surface area (Å²) in [6.45, 7) is 1.86. The second kappa shape index (κ2) is 6.20. The van der Waals surface area contributed by atoms with Gasteiger partial charge in [-0.3, -0.25) is 4.21 Å². The van der Waals surface area contributed by atoms with Crippen molar-refractivity contribution in [1.82, 2.24) is 0 Å². The van der Waals surface area contributed by atoms with Gasteiger partial charge >= 0.3 is 0 Å². The molecule has 2 atom stereocenters. The summed E-state index contributed by atoms with van der Waals surface area (Å²) in [4.78, 5) is 0.641. The number of rotatable bonds is 5. The first-order chi connectivity index (χ1) is 9.58. The summed E-state index contributed by atoms with van der Waals surface area (Å²) in [5.74, 6) is 0.148. The van der Waals surface area contributed by atoms with Crippen molar-refractivity contribution in [2.75, 3.05) is 6.61 Å². The van der Waals surface area contributed by atoms with Crippen molar-refractivity contribution >= 4 is 10.8 Å². The van der Waals surface area contributed by atoms with Crippen LogP contribution in [0.3, 0.4) is 0 Å². The minimum atomic E-state index is -1.32. The van der Waals surface area contributed by atoms with Gasteiger partial charge in [0.2, 0.25) is 0 Å². The van der Waals surface area contributed by atoms with Crippen LogP contribution >= 0.6 is 0 Å². The number of phenolic OH excluding ortho intramolecular Hbond substituents is 1. The highest BCUT2D eigenvalue weighted by molar-refractivity contribution is 7.86. The maximum Gasteiger partial charge on any atom is 0.115 e. The highest BCUT2D eigenvalue weighted by Crippen LogP contribution is 2.35. The molecule has 0 bridgehead atoms. The SMILES string of the molecule is CC(CCO)(c1ccccc1)S(=O)c1ccc(O)cc1. The number of benzene rings is 2. The molecule has 0 fully saturated rings. The largest absolute Gasteiger partial charge is 0.508 e. The molecule has 2 aromatic carbocycles. The summed E-state index contributed by atoms with van der Waals surface area (Å²) in [6.07, 6.45) is 0.407. The lowest BCUT2D eigenvalue weighted by Gasteiger charge is -2.28. The molecule has 0 aliphatic rings. The van der Waals surface area contributed by atoms with Gasteiger partial charge in [-0.2, -0.15) is 0 Å². The number of phenols is 1. The Kier molecular flexibility index (Phi) is 4.57. The fraction of sp³-hybridized carbons (Fsp3) is 0.250. The Morgan fingerprint density at radius 3 is 2.20 bits per heavy atom. The van der Waals surface area contributed by atoms with Crippen molar-refractivity contribution in [3.63, 3.8) is 0 Å². The van der Waals surface area contributed by atoms with Gasteiger partial charge in [0.1, 0.15) is 5.75 Å². The lowest BCUT2D eigenvalue weighted by molar-refractivity contribution is 0.270. The Hall–Kier alpha value is -1.65. The van der Waals surface area contributed by atoms with E-state index in [0.29, 0.717) is 11.3 Å². The van der Waals surface area contributed by atoms with Crippen LogP contribution in [0.5, 0.6) is 5.75 Å². The van der Waals surface area contributed by atoms with Crippen molar-refractivity contribution in [1.29, 1.82) is 0 Å². The molecule has 0 saturated carbocycles.